The summed E-state index contributed by atoms with van der Waals surface area (Å²) >= 11 is 0. The molecule has 5 nitrogen and oxygen atoms in total. The molecule has 0 radical (unpaired) electrons. The smallest absolute Gasteiger partial charge is 0.0141 e. The molecule has 0 aliphatic carbocycles. The van der Waals surface area contributed by atoms with Gasteiger partial charge in [-0.15, -0.1) is 0 Å². The highest BCUT2D eigenvalue weighted by atomic mass is 15.3. The molecule has 5 heteroatoms. The van der Waals surface area contributed by atoms with Crippen LogP contribution in [-0.2, 0) is 0 Å². The fraction of sp³-hybridized carbons (Fsp3) is 1.00. The molecule has 2 atom stereocenters. The summed E-state index contributed by atoms with van der Waals surface area (Å²) in [4.78, 5) is 12.5. The summed E-state index contributed by atoms with van der Waals surface area (Å²) in [7, 11) is 6.69. The van der Waals surface area contributed by atoms with Crippen LogP contribution in [0.5, 0.6) is 0 Å². The number of likely N-dealkylation sites (tertiary alicyclic amines) is 3. The summed E-state index contributed by atoms with van der Waals surface area (Å²) in [6, 6.07) is 0.802. The summed E-state index contributed by atoms with van der Waals surface area (Å²) in [5, 5.41) is 0. The minimum atomic E-state index is 0.362. The van der Waals surface area contributed by atoms with Crippen molar-refractivity contribution in [2.24, 2.45) is 16.7 Å². The summed E-state index contributed by atoms with van der Waals surface area (Å²) in [6.07, 6.45) is 11.3. The van der Waals surface area contributed by atoms with Crippen molar-refractivity contribution in [2.75, 3.05) is 80.0 Å². The van der Waals surface area contributed by atoms with E-state index in [4.69, 9.17) is 0 Å². The highest BCUT2D eigenvalue weighted by Crippen LogP contribution is 2.32. The van der Waals surface area contributed by atoms with Gasteiger partial charge in [0, 0.05) is 49.8 Å². The molecule has 0 N–H and O–H groups in total. The van der Waals surface area contributed by atoms with Crippen molar-refractivity contribution < 1.29 is 0 Å². The van der Waals surface area contributed by atoms with Crippen LogP contribution in [-0.4, -0.2) is 122 Å². The first-order valence-corrected chi connectivity index (χ1v) is 18.2. The molecule has 0 bridgehead atoms. The second-order valence-corrected chi connectivity index (χ2v) is 18.5. The molecule has 0 aromatic heterocycles. The minimum Gasteiger partial charge on any atom is -0.306 e. The van der Waals surface area contributed by atoms with Gasteiger partial charge in [-0.3, -0.25) is 9.80 Å². The minimum absolute atomic E-state index is 0.362. The number of piperidine rings is 3. The maximum Gasteiger partial charge on any atom is 0.0141 e. The van der Waals surface area contributed by atoms with Crippen LogP contribution in [0.1, 0.15) is 134 Å². The standard InChI is InChI=1S/2C10H21N.C9H20N2.C9H19N/c1-10(2,3)9-6-5-7-11(4)8-9;1-10(2,3)9-7-5-6-8-11(9)4;1-9(2,3)11-7-5-10(4)6-8-11;1-9(2,3)10-7-5-4-6-8-10/h2*9H,5-8H2,1-4H3;5-8H2,1-4H3;4-8H2,1-3H3. The van der Waals surface area contributed by atoms with Crippen LogP contribution in [0.25, 0.3) is 0 Å². The van der Waals surface area contributed by atoms with Crippen molar-refractivity contribution in [1.29, 1.82) is 0 Å². The molecule has 43 heavy (non-hydrogen) atoms. The zero-order valence-electron chi connectivity index (χ0n) is 32.4. The van der Waals surface area contributed by atoms with Crippen molar-refractivity contribution in [2.45, 2.75) is 152 Å². The Bertz CT molecular complexity index is 709. The molecule has 0 spiro atoms. The Labute approximate surface area is 272 Å². The average molecular weight is 608 g/mol. The van der Waals surface area contributed by atoms with E-state index in [1.807, 2.05) is 0 Å². The van der Waals surface area contributed by atoms with Crippen LogP contribution in [0, 0.1) is 16.7 Å². The van der Waals surface area contributed by atoms with Gasteiger partial charge < -0.3 is 14.7 Å². The van der Waals surface area contributed by atoms with E-state index in [0.29, 0.717) is 21.9 Å². The van der Waals surface area contributed by atoms with Gasteiger partial charge in [-0.25, -0.2) is 0 Å². The Morgan fingerprint density at radius 1 is 0.419 bits per heavy atom. The lowest BCUT2D eigenvalue weighted by Gasteiger charge is -2.41. The maximum atomic E-state index is 2.58. The Morgan fingerprint density at radius 3 is 1.26 bits per heavy atom. The summed E-state index contributed by atoms with van der Waals surface area (Å²) in [6.45, 7) is 39.3. The molecule has 0 aromatic carbocycles. The van der Waals surface area contributed by atoms with Gasteiger partial charge in [0.1, 0.15) is 0 Å². The molecule has 0 aromatic rings. The topological polar surface area (TPSA) is 16.2 Å². The fourth-order valence-corrected chi connectivity index (χ4v) is 7.08. The van der Waals surface area contributed by atoms with E-state index in [2.05, 4.69) is 129 Å². The molecule has 4 heterocycles. The maximum absolute atomic E-state index is 2.58. The van der Waals surface area contributed by atoms with Gasteiger partial charge in [-0.05, 0) is 144 Å². The monoisotopic (exact) mass is 608 g/mol. The van der Waals surface area contributed by atoms with Gasteiger partial charge >= 0.3 is 0 Å². The molecule has 0 saturated carbocycles. The van der Waals surface area contributed by atoms with Gasteiger partial charge in [0.05, 0.1) is 0 Å². The van der Waals surface area contributed by atoms with Crippen molar-refractivity contribution in [3.05, 3.63) is 0 Å². The highest BCUT2D eigenvalue weighted by Gasteiger charge is 2.30. The van der Waals surface area contributed by atoms with Crippen LogP contribution >= 0.6 is 0 Å². The zero-order valence-corrected chi connectivity index (χ0v) is 32.4. The Kier molecular flexibility index (Phi) is 17.3. The molecular formula is C38H81N5. The Morgan fingerprint density at radius 2 is 0.907 bits per heavy atom. The number of hydrogen-bond acceptors (Lipinski definition) is 5. The lowest BCUT2D eigenvalue weighted by Crippen LogP contribution is -2.52. The highest BCUT2D eigenvalue weighted by molar-refractivity contribution is 4.84. The lowest BCUT2D eigenvalue weighted by atomic mass is 9.76. The van der Waals surface area contributed by atoms with E-state index < -0.39 is 0 Å². The van der Waals surface area contributed by atoms with Gasteiger partial charge in [0.2, 0.25) is 0 Å². The lowest BCUT2D eigenvalue weighted by molar-refractivity contribution is 0.0735. The number of hydrogen-bond donors (Lipinski definition) is 0. The number of nitrogens with zero attached hydrogens (tertiary/aromatic N) is 5. The van der Waals surface area contributed by atoms with E-state index >= 15 is 0 Å². The third-order valence-corrected chi connectivity index (χ3v) is 10.4. The van der Waals surface area contributed by atoms with Crippen LogP contribution in [0.4, 0.5) is 0 Å². The van der Waals surface area contributed by atoms with Gasteiger partial charge in [0.15, 0.2) is 0 Å². The predicted octanol–water partition coefficient (Wildman–Crippen LogP) is 8.19. The third-order valence-electron chi connectivity index (χ3n) is 10.4. The summed E-state index contributed by atoms with van der Waals surface area (Å²) in [5.41, 5.74) is 1.74. The van der Waals surface area contributed by atoms with Crippen molar-refractivity contribution in [1.82, 2.24) is 24.5 Å². The van der Waals surface area contributed by atoms with Crippen LogP contribution in [0.2, 0.25) is 0 Å². The van der Waals surface area contributed by atoms with E-state index in [1.54, 1.807) is 0 Å². The zero-order chi connectivity index (χ0) is 33.1. The molecule has 4 saturated heterocycles. The molecule has 0 amide bonds. The molecule has 4 rings (SSSR count). The van der Waals surface area contributed by atoms with Crippen LogP contribution in [0.3, 0.4) is 0 Å². The fourth-order valence-electron chi connectivity index (χ4n) is 7.08. The molecule has 2 unspecified atom stereocenters. The summed E-state index contributed by atoms with van der Waals surface area (Å²) in [5.74, 6) is 0.904. The van der Waals surface area contributed by atoms with Crippen molar-refractivity contribution in [3.63, 3.8) is 0 Å². The van der Waals surface area contributed by atoms with E-state index in [-0.39, 0.29) is 0 Å². The summed E-state index contributed by atoms with van der Waals surface area (Å²) < 4.78 is 0. The number of rotatable bonds is 0. The van der Waals surface area contributed by atoms with Crippen LogP contribution < -0.4 is 0 Å². The first-order valence-electron chi connectivity index (χ1n) is 18.2. The predicted molar refractivity (Wildman–Crippen MR) is 193 cm³/mol. The molecular weight excluding hydrogens is 526 g/mol. The number of likely N-dealkylation sites (N-methyl/N-ethyl adjacent to an activating group) is 1. The largest absolute Gasteiger partial charge is 0.306 e. The van der Waals surface area contributed by atoms with Crippen molar-refractivity contribution >= 4 is 0 Å². The first kappa shape index (κ1) is 40.8. The molecule has 258 valence electrons. The molecule has 4 aliphatic rings. The molecule has 4 fully saturated rings. The SMILES string of the molecule is CC(C)(C)N1CCCCC1.CN1CCCC(C(C)(C)C)C1.CN1CCCCC1C(C)(C)C.CN1CCN(C(C)(C)C)CC1. The Balaban J connectivity index is 0.000000287. The van der Waals surface area contributed by atoms with Crippen LogP contribution in [0.15, 0.2) is 0 Å². The van der Waals surface area contributed by atoms with E-state index in [9.17, 15) is 0 Å². The molecule has 4 aliphatic heterocycles. The van der Waals surface area contributed by atoms with Gasteiger partial charge in [0.25, 0.3) is 0 Å². The van der Waals surface area contributed by atoms with Gasteiger partial charge in [-0.2, -0.15) is 0 Å². The second-order valence-electron chi connectivity index (χ2n) is 18.5. The van der Waals surface area contributed by atoms with Crippen molar-refractivity contribution in [3.8, 4) is 0 Å². The number of piperazine rings is 1. The average Bonchev–Trinajstić information content (AvgIpc) is 2.89. The second kappa shape index (κ2) is 18.2. The van der Waals surface area contributed by atoms with E-state index in [1.165, 1.54) is 110 Å². The normalized spacial score (nSPS) is 26.3. The first-order chi connectivity index (χ1) is 19.6. The third kappa shape index (κ3) is 16.8. The Hall–Kier alpha value is -0.200. The van der Waals surface area contributed by atoms with E-state index in [0.717, 1.165) is 12.0 Å². The van der Waals surface area contributed by atoms with Gasteiger partial charge in [-0.1, -0.05) is 54.4 Å². The quantitative estimate of drug-likeness (QED) is 0.275.